The third kappa shape index (κ3) is 4.27. The lowest BCUT2D eigenvalue weighted by Gasteiger charge is -2.42. The normalized spacial score (nSPS) is 18.6. The van der Waals surface area contributed by atoms with Crippen molar-refractivity contribution in [3.05, 3.63) is 47.8 Å². The van der Waals surface area contributed by atoms with Crippen LogP contribution in [0.3, 0.4) is 0 Å². The lowest BCUT2D eigenvalue weighted by Crippen LogP contribution is -2.57. The molecule has 1 saturated heterocycles. The maximum absolute atomic E-state index is 13.0. The third-order valence-corrected chi connectivity index (χ3v) is 5.34. The van der Waals surface area contributed by atoms with Gasteiger partial charge in [-0.2, -0.15) is 5.10 Å². The molecule has 156 valence electrons. The van der Waals surface area contributed by atoms with Crippen LogP contribution in [0, 0.1) is 12.3 Å². The number of para-hydroxylation sites is 1. The van der Waals surface area contributed by atoms with Gasteiger partial charge in [-0.15, -0.1) is 0 Å². The fourth-order valence-electron chi connectivity index (χ4n) is 3.57. The quantitative estimate of drug-likeness (QED) is 0.825. The van der Waals surface area contributed by atoms with E-state index in [1.807, 2.05) is 64.1 Å². The van der Waals surface area contributed by atoms with E-state index in [0.717, 1.165) is 17.1 Å². The van der Waals surface area contributed by atoms with Gasteiger partial charge in [0.15, 0.2) is 0 Å². The van der Waals surface area contributed by atoms with Gasteiger partial charge in [-0.05, 0) is 30.5 Å². The largest absolute Gasteiger partial charge is 0.465 e. The van der Waals surface area contributed by atoms with Crippen LogP contribution >= 0.6 is 0 Å². The second-order valence-electron chi connectivity index (χ2n) is 8.58. The minimum atomic E-state index is -1.01. The molecule has 0 radical (unpaired) electrons. The van der Waals surface area contributed by atoms with Gasteiger partial charge in [0.1, 0.15) is 0 Å². The number of piperazine rings is 1. The fraction of sp³-hybridized carbons (Fsp3) is 0.476. The summed E-state index contributed by atoms with van der Waals surface area (Å²) in [6.07, 6.45) is -1.01. The molecule has 2 amide bonds. The molecule has 0 saturated carbocycles. The van der Waals surface area contributed by atoms with Gasteiger partial charge in [0.05, 0.1) is 29.2 Å². The summed E-state index contributed by atoms with van der Waals surface area (Å²) in [5.74, 6) is -0.157. The van der Waals surface area contributed by atoms with Crippen LogP contribution in [0.25, 0.3) is 5.69 Å². The first kappa shape index (κ1) is 20.9. The van der Waals surface area contributed by atoms with Crippen LogP contribution in [0.5, 0.6) is 0 Å². The summed E-state index contributed by atoms with van der Waals surface area (Å²) in [7, 11) is 0. The monoisotopic (exact) mass is 399 g/mol. The average molecular weight is 399 g/mol. The molecule has 8 nitrogen and oxygen atoms in total. The van der Waals surface area contributed by atoms with Crippen molar-refractivity contribution in [2.24, 2.45) is 11.1 Å². The standard InChI is InChI=1S/C21H29N5O3/c1-14-12-16(26(23-14)15-8-6-5-7-9-15)17-13-24(10-11-25(17)20(28)29)19(27)18(22)21(2,3)4/h5-9,12,17-18H,10-11,13,22H2,1-4H3,(H,28,29)/t17-,18?/m0/s1. The van der Waals surface area contributed by atoms with E-state index >= 15 is 0 Å². The Hall–Kier alpha value is -2.87. The Balaban J connectivity index is 1.97. The third-order valence-electron chi connectivity index (χ3n) is 5.34. The van der Waals surface area contributed by atoms with E-state index in [9.17, 15) is 14.7 Å². The molecule has 3 N–H and O–H groups in total. The number of rotatable bonds is 3. The maximum Gasteiger partial charge on any atom is 0.407 e. The molecule has 2 heterocycles. The Labute approximate surface area is 170 Å². The predicted octanol–water partition coefficient (Wildman–Crippen LogP) is 2.42. The molecule has 29 heavy (non-hydrogen) atoms. The number of hydrogen-bond acceptors (Lipinski definition) is 4. The molecular weight excluding hydrogens is 370 g/mol. The van der Waals surface area contributed by atoms with Crippen molar-refractivity contribution < 1.29 is 14.7 Å². The molecule has 3 rings (SSSR count). The number of carbonyl (C=O) groups excluding carboxylic acids is 1. The zero-order chi connectivity index (χ0) is 21.3. The highest BCUT2D eigenvalue weighted by Gasteiger charge is 2.39. The summed E-state index contributed by atoms with van der Waals surface area (Å²) in [6.45, 7) is 8.44. The first-order valence-electron chi connectivity index (χ1n) is 9.75. The van der Waals surface area contributed by atoms with Crippen LogP contribution in [0.2, 0.25) is 0 Å². The Morgan fingerprint density at radius 1 is 1.21 bits per heavy atom. The second-order valence-corrected chi connectivity index (χ2v) is 8.58. The summed E-state index contributed by atoms with van der Waals surface area (Å²) in [5.41, 5.74) is 8.17. The number of aromatic nitrogens is 2. The van der Waals surface area contributed by atoms with Gasteiger partial charge in [0.25, 0.3) is 0 Å². The lowest BCUT2D eigenvalue weighted by molar-refractivity contribution is -0.137. The van der Waals surface area contributed by atoms with Gasteiger partial charge in [0, 0.05) is 19.6 Å². The van der Waals surface area contributed by atoms with Gasteiger partial charge >= 0.3 is 6.09 Å². The van der Waals surface area contributed by atoms with E-state index < -0.39 is 18.2 Å². The zero-order valence-electron chi connectivity index (χ0n) is 17.4. The van der Waals surface area contributed by atoms with Crippen molar-refractivity contribution in [3.8, 4) is 5.69 Å². The van der Waals surface area contributed by atoms with Crippen molar-refractivity contribution in [1.82, 2.24) is 19.6 Å². The number of carbonyl (C=O) groups is 2. The van der Waals surface area contributed by atoms with E-state index in [2.05, 4.69) is 5.10 Å². The van der Waals surface area contributed by atoms with E-state index in [1.165, 1.54) is 4.90 Å². The molecule has 1 fully saturated rings. The number of carboxylic acid groups (broad SMARTS) is 1. The van der Waals surface area contributed by atoms with Crippen molar-refractivity contribution in [3.63, 3.8) is 0 Å². The number of hydrogen-bond donors (Lipinski definition) is 2. The fourth-order valence-corrected chi connectivity index (χ4v) is 3.57. The molecule has 1 aromatic carbocycles. The zero-order valence-corrected chi connectivity index (χ0v) is 17.4. The maximum atomic E-state index is 13.0. The summed E-state index contributed by atoms with van der Waals surface area (Å²) in [5, 5.41) is 14.3. The number of amides is 2. The topological polar surface area (TPSA) is 105 Å². The summed E-state index contributed by atoms with van der Waals surface area (Å²) in [6, 6.07) is 10.3. The number of nitrogens with zero attached hydrogens (tertiary/aromatic N) is 4. The lowest BCUT2D eigenvalue weighted by atomic mass is 9.86. The summed E-state index contributed by atoms with van der Waals surface area (Å²) < 4.78 is 1.76. The van der Waals surface area contributed by atoms with Gasteiger partial charge in [-0.25, -0.2) is 9.48 Å². The molecule has 2 atom stereocenters. The van der Waals surface area contributed by atoms with Crippen LogP contribution in [-0.2, 0) is 4.79 Å². The van der Waals surface area contributed by atoms with Gasteiger partial charge in [0.2, 0.25) is 5.91 Å². The highest BCUT2D eigenvalue weighted by molar-refractivity contribution is 5.83. The van der Waals surface area contributed by atoms with Crippen LogP contribution in [0.4, 0.5) is 4.79 Å². The SMILES string of the molecule is Cc1cc([C@@H]2CN(C(=O)C(N)C(C)(C)C)CCN2C(=O)O)n(-c2ccccc2)n1. The van der Waals surface area contributed by atoms with Crippen molar-refractivity contribution in [1.29, 1.82) is 0 Å². The number of benzene rings is 1. The molecule has 1 aromatic heterocycles. The van der Waals surface area contributed by atoms with Crippen LogP contribution in [0.15, 0.2) is 36.4 Å². The highest BCUT2D eigenvalue weighted by atomic mass is 16.4. The van der Waals surface area contributed by atoms with Crippen LogP contribution in [-0.4, -0.2) is 62.4 Å². The van der Waals surface area contributed by atoms with E-state index in [1.54, 1.807) is 9.58 Å². The van der Waals surface area contributed by atoms with Crippen molar-refractivity contribution in [2.75, 3.05) is 19.6 Å². The summed E-state index contributed by atoms with van der Waals surface area (Å²) >= 11 is 0. The van der Waals surface area contributed by atoms with Crippen LogP contribution in [0.1, 0.15) is 38.2 Å². The predicted molar refractivity (Wildman–Crippen MR) is 110 cm³/mol. The minimum absolute atomic E-state index is 0.157. The van der Waals surface area contributed by atoms with E-state index in [4.69, 9.17) is 5.73 Å². The number of aryl methyl sites for hydroxylation is 1. The highest BCUT2D eigenvalue weighted by Crippen LogP contribution is 2.29. The molecule has 1 aliphatic rings. The minimum Gasteiger partial charge on any atom is -0.465 e. The van der Waals surface area contributed by atoms with Gasteiger partial charge < -0.3 is 15.7 Å². The molecule has 1 unspecified atom stereocenters. The van der Waals surface area contributed by atoms with Gasteiger partial charge in [-0.3, -0.25) is 9.69 Å². The molecule has 1 aliphatic heterocycles. The van der Waals surface area contributed by atoms with Crippen molar-refractivity contribution in [2.45, 2.75) is 39.8 Å². The van der Waals surface area contributed by atoms with E-state index in [-0.39, 0.29) is 24.4 Å². The first-order valence-corrected chi connectivity index (χ1v) is 9.75. The molecule has 0 aliphatic carbocycles. The van der Waals surface area contributed by atoms with Gasteiger partial charge in [-0.1, -0.05) is 39.0 Å². The second kappa shape index (κ2) is 7.87. The average Bonchev–Trinajstić information content (AvgIpc) is 3.08. The Bertz CT molecular complexity index is 887. The molecule has 0 spiro atoms. The van der Waals surface area contributed by atoms with Crippen molar-refractivity contribution >= 4 is 12.0 Å². The smallest absolute Gasteiger partial charge is 0.407 e. The van der Waals surface area contributed by atoms with Crippen LogP contribution < -0.4 is 5.73 Å². The Morgan fingerprint density at radius 3 is 2.45 bits per heavy atom. The molecule has 2 aromatic rings. The Morgan fingerprint density at radius 2 is 1.86 bits per heavy atom. The molecular formula is C21H29N5O3. The number of nitrogens with two attached hydrogens (primary N) is 1. The van der Waals surface area contributed by atoms with E-state index in [0.29, 0.717) is 6.54 Å². The molecule has 8 heteroatoms. The summed E-state index contributed by atoms with van der Waals surface area (Å²) in [4.78, 5) is 28.0. The first-order chi connectivity index (χ1) is 13.6. The molecule has 0 bridgehead atoms. The Kier molecular flexibility index (Phi) is 5.66.